The number of benzene rings is 2. The smallest absolute Gasteiger partial charge is 0.142 e. The van der Waals surface area contributed by atoms with Gasteiger partial charge in [0, 0.05) is 18.7 Å². The Hall–Kier alpha value is -2.00. The Balaban J connectivity index is 1.63. The molecule has 0 atom stereocenters. The number of nitrogens with zero attached hydrogens (tertiary/aromatic N) is 1. The fraction of sp³-hybridized carbons (Fsp3) is 0.294. The average molecular weight is 269 g/mol. The van der Waals surface area contributed by atoms with Crippen molar-refractivity contribution in [2.75, 3.05) is 20.4 Å². The number of fused-ring (bicyclic) bond motifs is 1. The third-order valence-corrected chi connectivity index (χ3v) is 3.62. The molecule has 1 aliphatic rings. The lowest BCUT2D eigenvalue weighted by atomic mass is 10.1. The fourth-order valence-corrected chi connectivity index (χ4v) is 2.47. The van der Waals surface area contributed by atoms with Crippen LogP contribution in [0.1, 0.15) is 11.1 Å². The van der Waals surface area contributed by atoms with Crippen molar-refractivity contribution in [2.24, 2.45) is 0 Å². The minimum absolute atomic E-state index is 0.659. The van der Waals surface area contributed by atoms with E-state index >= 15 is 0 Å². The van der Waals surface area contributed by atoms with Crippen molar-refractivity contribution in [1.82, 2.24) is 4.90 Å². The van der Waals surface area contributed by atoms with Crippen LogP contribution in [0.4, 0.5) is 0 Å². The van der Waals surface area contributed by atoms with Crippen molar-refractivity contribution in [3.63, 3.8) is 0 Å². The number of rotatable bonds is 4. The standard InChI is InChI=1S/C17H19NO2/c1-19-16-7-8-17-15(11-16)12-18(13-20-17)10-9-14-5-3-2-4-6-14/h2-8,11H,9-10,12-13H2,1H3. The summed E-state index contributed by atoms with van der Waals surface area (Å²) in [5, 5.41) is 0. The van der Waals surface area contributed by atoms with E-state index in [0.29, 0.717) is 6.73 Å². The van der Waals surface area contributed by atoms with Crippen molar-refractivity contribution in [3.05, 3.63) is 59.7 Å². The third kappa shape index (κ3) is 2.94. The van der Waals surface area contributed by atoms with Crippen molar-refractivity contribution in [2.45, 2.75) is 13.0 Å². The summed E-state index contributed by atoms with van der Waals surface area (Å²) < 4.78 is 11.1. The van der Waals surface area contributed by atoms with Gasteiger partial charge in [0.1, 0.15) is 18.2 Å². The van der Waals surface area contributed by atoms with Gasteiger partial charge >= 0.3 is 0 Å². The first-order valence-electron chi connectivity index (χ1n) is 6.91. The Kier molecular flexibility index (Phi) is 3.88. The summed E-state index contributed by atoms with van der Waals surface area (Å²) >= 11 is 0. The summed E-state index contributed by atoms with van der Waals surface area (Å²) in [4.78, 5) is 2.31. The van der Waals surface area contributed by atoms with Gasteiger partial charge in [0.2, 0.25) is 0 Å². The quantitative estimate of drug-likeness (QED) is 0.851. The molecule has 0 spiro atoms. The lowest BCUT2D eigenvalue weighted by molar-refractivity contribution is 0.0963. The zero-order valence-corrected chi connectivity index (χ0v) is 11.7. The van der Waals surface area contributed by atoms with Crippen LogP contribution in [0.15, 0.2) is 48.5 Å². The second-order valence-corrected chi connectivity index (χ2v) is 5.04. The van der Waals surface area contributed by atoms with E-state index < -0.39 is 0 Å². The summed E-state index contributed by atoms with van der Waals surface area (Å²) in [5.41, 5.74) is 2.56. The zero-order valence-electron chi connectivity index (χ0n) is 11.7. The number of methoxy groups -OCH3 is 1. The molecule has 0 aliphatic carbocycles. The predicted octanol–water partition coefficient (Wildman–Crippen LogP) is 3.09. The van der Waals surface area contributed by atoms with Gasteiger partial charge in [0.15, 0.2) is 0 Å². The van der Waals surface area contributed by atoms with E-state index in [-0.39, 0.29) is 0 Å². The van der Waals surface area contributed by atoms with Gasteiger partial charge in [0.05, 0.1) is 7.11 Å². The zero-order chi connectivity index (χ0) is 13.8. The second-order valence-electron chi connectivity index (χ2n) is 5.04. The molecule has 2 aromatic carbocycles. The van der Waals surface area contributed by atoms with E-state index in [2.05, 4.69) is 41.3 Å². The van der Waals surface area contributed by atoms with Crippen LogP contribution in [0.2, 0.25) is 0 Å². The van der Waals surface area contributed by atoms with Crippen LogP contribution in [0, 0.1) is 0 Å². The molecular formula is C17H19NO2. The predicted molar refractivity (Wildman–Crippen MR) is 79.0 cm³/mol. The Morgan fingerprint density at radius 2 is 2.00 bits per heavy atom. The van der Waals surface area contributed by atoms with Gasteiger partial charge in [-0.25, -0.2) is 0 Å². The molecular weight excluding hydrogens is 250 g/mol. The van der Waals surface area contributed by atoms with Crippen molar-refractivity contribution < 1.29 is 9.47 Å². The molecule has 0 radical (unpaired) electrons. The molecule has 104 valence electrons. The lowest BCUT2D eigenvalue weighted by Gasteiger charge is -2.29. The van der Waals surface area contributed by atoms with E-state index in [1.807, 2.05) is 12.1 Å². The summed E-state index contributed by atoms with van der Waals surface area (Å²) in [7, 11) is 1.69. The van der Waals surface area contributed by atoms with Gasteiger partial charge in [0.25, 0.3) is 0 Å². The Labute approximate surface area is 119 Å². The number of hydrogen-bond donors (Lipinski definition) is 0. The van der Waals surface area contributed by atoms with Crippen LogP contribution < -0.4 is 9.47 Å². The maximum absolute atomic E-state index is 5.79. The van der Waals surface area contributed by atoms with Crippen LogP contribution in [0.25, 0.3) is 0 Å². The molecule has 1 heterocycles. The van der Waals surface area contributed by atoms with Crippen molar-refractivity contribution in [3.8, 4) is 11.5 Å². The molecule has 0 aromatic heterocycles. The van der Waals surface area contributed by atoms with E-state index in [1.165, 1.54) is 11.1 Å². The molecule has 20 heavy (non-hydrogen) atoms. The van der Waals surface area contributed by atoms with Crippen LogP contribution in [0.5, 0.6) is 11.5 Å². The van der Waals surface area contributed by atoms with Gasteiger partial charge in [-0.1, -0.05) is 30.3 Å². The molecule has 1 aliphatic heterocycles. The van der Waals surface area contributed by atoms with Gasteiger partial charge in [-0.05, 0) is 30.2 Å². The van der Waals surface area contributed by atoms with E-state index in [1.54, 1.807) is 7.11 Å². The Morgan fingerprint density at radius 3 is 2.80 bits per heavy atom. The molecule has 2 aromatic rings. The monoisotopic (exact) mass is 269 g/mol. The molecule has 0 saturated carbocycles. The third-order valence-electron chi connectivity index (χ3n) is 3.62. The van der Waals surface area contributed by atoms with Crippen molar-refractivity contribution in [1.29, 1.82) is 0 Å². The van der Waals surface area contributed by atoms with Crippen molar-refractivity contribution >= 4 is 0 Å². The Bertz CT molecular complexity index is 568. The van der Waals surface area contributed by atoms with Gasteiger partial charge in [-0.15, -0.1) is 0 Å². The highest BCUT2D eigenvalue weighted by atomic mass is 16.5. The number of hydrogen-bond acceptors (Lipinski definition) is 3. The summed E-state index contributed by atoms with van der Waals surface area (Å²) in [6.07, 6.45) is 1.05. The minimum Gasteiger partial charge on any atom is -0.497 e. The first-order valence-corrected chi connectivity index (χ1v) is 6.91. The number of ether oxygens (including phenoxy) is 2. The molecule has 3 rings (SSSR count). The van der Waals surface area contributed by atoms with E-state index in [4.69, 9.17) is 9.47 Å². The molecule has 3 heteroatoms. The second kappa shape index (κ2) is 5.97. The minimum atomic E-state index is 0.659. The topological polar surface area (TPSA) is 21.7 Å². The highest BCUT2D eigenvalue weighted by Crippen LogP contribution is 2.28. The molecule has 0 bridgehead atoms. The van der Waals surface area contributed by atoms with Gasteiger partial charge < -0.3 is 9.47 Å². The summed E-state index contributed by atoms with van der Waals surface area (Å²) in [5.74, 6) is 1.86. The normalized spacial score (nSPS) is 14.4. The van der Waals surface area contributed by atoms with Crippen LogP contribution in [-0.4, -0.2) is 25.3 Å². The maximum atomic E-state index is 5.79. The first kappa shape index (κ1) is 13.0. The average Bonchev–Trinajstić information content (AvgIpc) is 2.53. The first-order chi connectivity index (χ1) is 9.85. The molecule has 0 N–H and O–H groups in total. The summed E-state index contributed by atoms with van der Waals surface area (Å²) in [6, 6.07) is 16.6. The molecule has 0 fully saturated rings. The molecule has 0 saturated heterocycles. The van der Waals surface area contributed by atoms with E-state index in [0.717, 1.165) is 31.0 Å². The SMILES string of the molecule is COc1ccc2c(c1)CN(CCc1ccccc1)CO2. The fourth-order valence-electron chi connectivity index (χ4n) is 2.47. The lowest BCUT2D eigenvalue weighted by Crippen LogP contribution is -2.33. The Morgan fingerprint density at radius 1 is 1.15 bits per heavy atom. The summed E-state index contributed by atoms with van der Waals surface area (Å²) in [6.45, 7) is 2.58. The van der Waals surface area contributed by atoms with Gasteiger partial charge in [-0.3, -0.25) is 4.90 Å². The van der Waals surface area contributed by atoms with Crippen LogP contribution >= 0.6 is 0 Å². The molecule has 0 unspecified atom stereocenters. The van der Waals surface area contributed by atoms with Crippen LogP contribution in [-0.2, 0) is 13.0 Å². The van der Waals surface area contributed by atoms with E-state index in [9.17, 15) is 0 Å². The van der Waals surface area contributed by atoms with Crippen LogP contribution in [0.3, 0.4) is 0 Å². The maximum Gasteiger partial charge on any atom is 0.142 e. The molecule has 3 nitrogen and oxygen atoms in total. The molecule has 0 amide bonds. The largest absolute Gasteiger partial charge is 0.497 e. The highest BCUT2D eigenvalue weighted by Gasteiger charge is 2.17. The van der Waals surface area contributed by atoms with Gasteiger partial charge in [-0.2, -0.15) is 0 Å². The highest BCUT2D eigenvalue weighted by molar-refractivity contribution is 5.41.